The maximum absolute atomic E-state index is 5.64. The second kappa shape index (κ2) is 9.30. The smallest absolute Gasteiger partial charge is 0.0590 e. The zero-order valence-electron chi connectivity index (χ0n) is 8.11. The molecule has 0 radical (unpaired) electrons. The molecule has 1 N–H and O–H groups in total. The Hall–Kier alpha value is 0.210. The van der Waals surface area contributed by atoms with Gasteiger partial charge in [-0.2, -0.15) is 0 Å². The number of alkyl halides is 1. The van der Waals surface area contributed by atoms with Crippen molar-refractivity contribution in [2.45, 2.75) is 20.3 Å². The van der Waals surface area contributed by atoms with Gasteiger partial charge in [0.05, 0.1) is 6.61 Å². The first-order chi connectivity index (χ1) is 5.81. The largest absolute Gasteiger partial charge is 0.380 e. The van der Waals surface area contributed by atoms with E-state index in [4.69, 9.17) is 16.3 Å². The number of halogens is 1. The lowest BCUT2D eigenvalue weighted by molar-refractivity contribution is 0.136. The van der Waals surface area contributed by atoms with Gasteiger partial charge in [0, 0.05) is 19.0 Å². The number of ether oxygens (including phenoxy) is 1. The van der Waals surface area contributed by atoms with Crippen LogP contribution < -0.4 is 5.32 Å². The number of rotatable bonds is 8. The maximum Gasteiger partial charge on any atom is 0.0590 e. The van der Waals surface area contributed by atoms with Crippen molar-refractivity contribution in [2.75, 3.05) is 32.2 Å². The second-order valence-electron chi connectivity index (χ2n) is 3.08. The van der Waals surface area contributed by atoms with Crippen LogP contribution in [0.25, 0.3) is 0 Å². The average molecular weight is 194 g/mol. The van der Waals surface area contributed by atoms with Crippen molar-refractivity contribution in [2.24, 2.45) is 5.92 Å². The van der Waals surface area contributed by atoms with Crippen LogP contribution in [0.4, 0.5) is 0 Å². The predicted octanol–water partition coefficient (Wildman–Crippen LogP) is 1.88. The van der Waals surface area contributed by atoms with E-state index in [-0.39, 0.29) is 0 Å². The van der Waals surface area contributed by atoms with Gasteiger partial charge in [0.25, 0.3) is 0 Å². The zero-order valence-corrected chi connectivity index (χ0v) is 8.86. The summed E-state index contributed by atoms with van der Waals surface area (Å²) >= 11 is 5.64. The first-order valence-electron chi connectivity index (χ1n) is 4.65. The lowest BCUT2D eigenvalue weighted by Gasteiger charge is -2.08. The summed E-state index contributed by atoms with van der Waals surface area (Å²) in [5.74, 6) is 1.28. The third kappa shape index (κ3) is 8.31. The van der Waals surface area contributed by atoms with Crippen LogP contribution >= 0.6 is 11.6 Å². The SMILES string of the molecule is CCCOCCNCC(C)CCl. The fraction of sp³-hybridized carbons (Fsp3) is 1.00. The molecule has 0 spiro atoms. The first-order valence-corrected chi connectivity index (χ1v) is 5.19. The fourth-order valence-electron chi connectivity index (χ4n) is 0.794. The highest BCUT2D eigenvalue weighted by Gasteiger charge is 1.97. The molecule has 0 amide bonds. The van der Waals surface area contributed by atoms with Crippen LogP contribution in [0.3, 0.4) is 0 Å². The van der Waals surface area contributed by atoms with Gasteiger partial charge in [-0.3, -0.25) is 0 Å². The Kier molecular flexibility index (Phi) is 9.46. The van der Waals surface area contributed by atoms with Gasteiger partial charge in [-0.05, 0) is 18.9 Å². The molecule has 3 heteroatoms. The normalized spacial score (nSPS) is 13.2. The van der Waals surface area contributed by atoms with Crippen LogP contribution in [0.5, 0.6) is 0 Å². The van der Waals surface area contributed by atoms with E-state index in [1.807, 2.05) is 0 Å². The molecular weight excluding hydrogens is 174 g/mol. The summed E-state index contributed by atoms with van der Waals surface area (Å²) in [5, 5.41) is 3.29. The van der Waals surface area contributed by atoms with Gasteiger partial charge >= 0.3 is 0 Å². The summed E-state index contributed by atoms with van der Waals surface area (Å²) in [6.45, 7) is 7.84. The van der Waals surface area contributed by atoms with Crippen molar-refractivity contribution < 1.29 is 4.74 Å². The minimum Gasteiger partial charge on any atom is -0.380 e. The first kappa shape index (κ1) is 12.2. The molecular formula is C9H20ClNO. The molecule has 0 bridgehead atoms. The average Bonchev–Trinajstić information content (AvgIpc) is 2.10. The number of hydrogen-bond donors (Lipinski definition) is 1. The van der Waals surface area contributed by atoms with Crippen molar-refractivity contribution in [3.05, 3.63) is 0 Å². The highest BCUT2D eigenvalue weighted by molar-refractivity contribution is 6.18. The Labute approximate surface area is 80.6 Å². The van der Waals surface area contributed by atoms with Crippen molar-refractivity contribution >= 4 is 11.6 Å². The Morgan fingerprint density at radius 1 is 1.42 bits per heavy atom. The van der Waals surface area contributed by atoms with E-state index in [2.05, 4.69) is 19.2 Å². The van der Waals surface area contributed by atoms with Gasteiger partial charge in [0.15, 0.2) is 0 Å². The van der Waals surface area contributed by atoms with Crippen LogP contribution in [-0.2, 0) is 4.74 Å². The lowest BCUT2D eigenvalue weighted by atomic mass is 10.2. The highest BCUT2D eigenvalue weighted by Crippen LogP contribution is 1.94. The van der Waals surface area contributed by atoms with Crippen LogP contribution in [0.1, 0.15) is 20.3 Å². The maximum atomic E-state index is 5.64. The van der Waals surface area contributed by atoms with E-state index in [0.29, 0.717) is 5.92 Å². The van der Waals surface area contributed by atoms with Crippen molar-refractivity contribution in [1.29, 1.82) is 0 Å². The van der Waals surface area contributed by atoms with E-state index in [0.717, 1.165) is 38.6 Å². The summed E-state index contributed by atoms with van der Waals surface area (Å²) in [6, 6.07) is 0. The molecule has 74 valence electrons. The summed E-state index contributed by atoms with van der Waals surface area (Å²) in [7, 11) is 0. The number of hydrogen-bond acceptors (Lipinski definition) is 2. The number of nitrogens with one attached hydrogen (secondary N) is 1. The van der Waals surface area contributed by atoms with E-state index in [1.165, 1.54) is 0 Å². The molecule has 0 saturated heterocycles. The van der Waals surface area contributed by atoms with Gasteiger partial charge in [-0.25, -0.2) is 0 Å². The zero-order chi connectivity index (χ0) is 9.23. The lowest BCUT2D eigenvalue weighted by Crippen LogP contribution is -2.25. The molecule has 2 nitrogen and oxygen atoms in total. The van der Waals surface area contributed by atoms with Crippen molar-refractivity contribution in [3.8, 4) is 0 Å². The van der Waals surface area contributed by atoms with E-state index < -0.39 is 0 Å². The Morgan fingerprint density at radius 2 is 2.17 bits per heavy atom. The van der Waals surface area contributed by atoms with Gasteiger partial charge in [0.1, 0.15) is 0 Å². The van der Waals surface area contributed by atoms with Crippen LogP contribution in [0, 0.1) is 5.92 Å². The van der Waals surface area contributed by atoms with E-state index in [9.17, 15) is 0 Å². The molecule has 1 unspecified atom stereocenters. The Bertz CT molecular complexity index is 90.6. The molecule has 0 heterocycles. The molecule has 0 aliphatic carbocycles. The van der Waals surface area contributed by atoms with Crippen molar-refractivity contribution in [3.63, 3.8) is 0 Å². The summed E-state index contributed by atoms with van der Waals surface area (Å²) in [5.41, 5.74) is 0. The van der Waals surface area contributed by atoms with E-state index in [1.54, 1.807) is 0 Å². The summed E-state index contributed by atoms with van der Waals surface area (Å²) in [6.07, 6.45) is 1.10. The summed E-state index contributed by atoms with van der Waals surface area (Å²) in [4.78, 5) is 0. The quantitative estimate of drug-likeness (QED) is 0.470. The van der Waals surface area contributed by atoms with Crippen LogP contribution in [-0.4, -0.2) is 32.2 Å². The molecule has 0 aromatic carbocycles. The van der Waals surface area contributed by atoms with Gasteiger partial charge in [-0.1, -0.05) is 13.8 Å². The third-order valence-corrected chi connectivity index (χ3v) is 2.05. The molecule has 0 aromatic rings. The fourth-order valence-corrected chi connectivity index (χ4v) is 0.903. The standard InChI is InChI=1S/C9H20ClNO/c1-3-5-12-6-4-11-8-9(2)7-10/h9,11H,3-8H2,1-2H3. The highest BCUT2D eigenvalue weighted by atomic mass is 35.5. The molecule has 0 aromatic heterocycles. The molecule has 1 atom stereocenters. The monoisotopic (exact) mass is 193 g/mol. The molecule has 0 rings (SSSR count). The van der Waals surface area contributed by atoms with Crippen LogP contribution in [0.15, 0.2) is 0 Å². The van der Waals surface area contributed by atoms with Gasteiger partial charge < -0.3 is 10.1 Å². The predicted molar refractivity (Wildman–Crippen MR) is 53.9 cm³/mol. The molecule has 0 saturated carbocycles. The molecule has 12 heavy (non-hydrogen) atoms. The Balaban J connectivity index is 2.90. The third-order valence-electron chi connectivity index (χ3n) is 1.53. The topological polar surface area (TPSA) is 21.3 Å². The second-order valence-corrected chi connectivity index (χ2v) is 3.38. The minimum absolute atomic E-state index is 0.554. The van der Waals surface area contributed by atoms with Gasteiger partial charge in [-0.15, -0.1) is 11.6 Å². The molecule has 0 aliphatic heterocycles. The van der Waals surface area contributed by atoms with Gasteiger partial charge in [0.2, 0.25) is 0 Å². The molecule has 0 aliphatic rings. The van der Waals surface area contributed by atoms with Crippen molar-refractivity contribution in [1.82, 2.24) is 5.32 Å². The summed E-state index contributed by atoms with van der Waals surface area (Å²) < 4.78 is 5.30. The molecule has 0 fully saturated rings. The van der Waals surface area contributed by atoms with E-state index >= 15 is 0 Å². The Morgan fingerprint density at radius 3 is 2.75 bits per heavy atom. The van der Waals surface area contributed by atoms with Crippen LogP contribution in [0.2, 0.25) is 0 Å². The minimum atomic E-state index is 0.554.